The van der Waals surface area contributed by atoms with Gasteiger partial charge in [0.1, 0.15) is 0 Å². The molecule has 8 heteroatoms. The highest BCUT2D eigenvalue weighted by atomic mass is 35.6. The van der Waals surface area contributed by atoms with Crippen LogP contribution in [-0.4, -0.2) is 42.0 Å². The first kappa shape index (κ1) is 22.3. The fourth-order valence-electron chi connectivity index (χ4n) is 3.31. The van der Waals surface area contributed by atoms with Gasteiger partial charge in [-0.1, -0.05) is 55.6 Å². The fourth-order valence-corrected chi connectivity index (χ4v) is 3.64. The molecule has 1 saturated heterocycles. The smallest absolute Gasteiger partial charge is 0.253 e. The molecular formula is C18H27Cl3O5. The highest BCUT2D eigenvalue weighted by Crippen LogP contribution is 2.42. The van der Waals surface area contributed by atoms with Gasteiger partial charge >= 0.3 is 0 Å². The third-order valence-electron chi connectivity index (χ3n) is 4.68. The lowest BCUT2D eigenvalue weighted by atomic mass is 9.78. The summed E-state index contributed by atoms with van der Waals surface area (Å²) < 4.78 is 21.0. The van der Waals surface area contributed by atoms with Crippen molar-refractivity contribution in [1.29, 1.82) is 0 Å². The van der Waals surface area contributed by atoms with Gasteiger partial charge in [-0.25, -0.2) is 0 Å². The maximum atomic E-state index is 12.6. The highest BCUT2D eigenvalue weighted by molar-refractivity contribution is 6.77. The number of hydrogen-bond acceptors (Lipinski definition) is 5. The molecule has 0 spiro atoms. The van der Waals surface area contributed by atoms with Gasteiger partial charge in [0.15, 0.2) is 6.29 Å². The van der Waals surface area contributed by atoms with E-state index in [1.54, 1.807) is 0 Å². The lowest BCUT2D eigenvalue weighted by molar-refractivity contribution is -0.234. The molecule has 0 saturated carbocycles. The van der Waals surface area contributed by atoms with E-state index in [4.69, 9.17) is 53.8 Å². The second-order valence-corrected chi connectivity index (χ2v) is 9.77. The van der Waals surface area contributed by atoms with Crippen LogP contribution in [0.15, 0.2) is 11.8 Å². The number of carbonyl (C=O) groups excluding carboxylic acids is 1. The zero-order valence-electron chi connectivity index (χ0n) is 15.6. The Hall–Kier alpha value is -0.0400. The summed E-state index contributed by atoms with van der Waals surface area (Å²) in [5, 5.41) is 0. The standard InChI is InChI=1S/C18H27Cl3O5/c1-5-11-12(7-14-25-9-17(3,4)10-26-14)13(15(22)18(19,20)21)8-24-16(11)23-6-2/h8,11-12,14,16H,5-7,9-10H2,1-4H3/t11-,12+,16-/m1/s1. The normalized spacial score (nSPS) is 29.8. The molecule has 0 bridgehead atoms. The topological polar surface area (TPSA) is 54.0 Å². The molecule has 2 aliphatic heterocycles. The van der Waals surface area contributed by atoms with Crippen molar-refractivity contribution in [2.45, 2.75) is 56.9 Å². The monoisotopic (exact) mass is 428 g/mol. The Morgan fingerprint density at radius 2 is 1.88 bits per heavy atom. The second kappa shape index (κ2) is 8.97. The summed E-state index contributed by atoms with van der Waals surface area (Å²) in [6, 6.07) is 0. The maximum Gasteiger partial charge on any atom is 0.253 e. The van der Waals surface area contributed by atoms with Crippen LogP contribution in [0.3, 0.4) is 0 Å². The first-order chi connectivity index (χ1) is 12.1. The quantitative estimate of drug-likeness (QED) is 0.576. The van der Waals surface area contributed by atoms with Gasteiger partial charge in [-0.05, 0) is 13.3 Å². The molecule has 0 aromatic heterocycles. The Morgan fingerprint density at radius 3 is 2.38 bits per heavy atom. The Bertz CT molecular complexity index is 519. The summed E-state index contributed by atoms with van der Waals surface area (Å²) in [4.78, 5) is 12.6. The third-order valence-corrected chi connectivity index (χ3v) is 5.20. The first-order valence-electron chi connectivity index (χ1n) is 8.91. The van der Waals surface area contributed by atoms with Crippen molar-refractivity contribution >= 4 is 40.6 Å². The van der Waals surface area contributed by atoms with Gasteiger partial charge in [0.05, 0.1) is 19.5 Å². The van der Waals surface area contributed by atoms with Crippen molar-refractivity contribution in [3.63, 3.8) is 0 Å². The van der Waals surface area contributed by atoms with Gasteiger partial charge in [0.2, 0.25) is 12.1 Å². The molecule has 0 aliphatic carbocycles. The van der Waals surface area contributed by atoms with Crippen molar-refractivity contribution in [3.8, 4) is 0 Å². The summed E-state index contributed by atoms with van der Waals surface area (Å²) >= 11 is 17.5. The van der Waals surface area contributed by atoms with Gasteiger partial charge in [-0.15, -0.1) is 0 Å². The molecule has 2 rings (SSSR count). The summed E-state index contributed by atoms with van der Waals surface area (Å²) in [6.07, 6.45) is 1.70. The van der Waals surface area contributed by atoms with Crippen molar-refractivity contribution < 1.29 is 23.7 Å². The van der Waals surface area contributed by atoms with Gasteiger partial charge in [-0.3, -0.25) is 4.79 Å². The van der Waals surface area contributed by atoms with E-state index < -0.39 is 22.2 Å². The van der Waals surface area contributed by atoms with Crippen LogP contribution in [0, 0.1) is 17.3 Å². The van der Waals surface area contributed by atoms with Crippen molar-refractivity contribution in [2.24, 2.45) is 17.3 Å². The van der Waals surface area contributed by atoms with Gasteiger partial charge < -0.3 is 18.9 Å². The highest BCUT2D eigenvalue weighted by Gasteiger charge is 2.45. The molecule has 150 valence electrons. The fraction of sp³-hybridized carbons (Fsp3) is 0.833. The van der Waals surface area contributed by atoms with Crippen molar-refractivity contribution in [3.05, 3.63) is 11.8 Å². The van der Waals surface area contributed by atoms with Crippen LogP contribution in [-0.2, 0) is 23.7 Å². The molecule has 5 nitrogen and oxygen atoms in total. The minimum atomic E-state index is -2.04. The largest absolute Gasteiger partial charge is 0.472 e. The van der Waals surface area contributed by atoms with Crippen LogP contribution in [0.5, 0.6) is 0 Å². The van der Waals surface area contributed by atoms with Gasteiger partial charge in [0.25, 0.3) is 3.79 Å². The minimum Gasteiger partial charge on any atom is -0.472 e. The molecule has 2 heterocycles. The number of ketones is 1. The molecule has 0 radical (unpaired) electrons. The molecule has 3 atom stereocenters. The molecule has 1 fully saturated rings. The molecule has 0 N–H and O–H groups in total. The van der Waals surface area contributed by atoms with Crippen LogP contribution in [0.25, 0.3) is 0 Å². The Kier molecular flexibility index (Phi) is 7.68. The van der Waals surface area contributed by atoms with Crippen LogP contribution in [0.4, 0.5) is 0 Å². The predicted octanol–water partition coefficient (Wildman–Crippen LogP) is 4.63. The summed E-state index contributed by atoms with van der Waals surface area (Å²) in [7, 11) is 0. The van der Waals surface area contributed by atoms with Gasteiger partial charge in [-0.2, -0.15) is 0 Å². The van der Waals surface area contributed by atoms with E-state index in [-0.39, 0.29) is 17.3 Å². The van der Waals surface area contributed by atoms with Crippen LogP contribution in [0.1, 0.15) is 40.5 Å². The number of ether oxygens (including phenoxy) is 4. The summed E-state index contributed by atoms with van der Waals surface area (Å²) in [6.45, 7) is 9.74. The average Bonchev–Trinajstić information content (AvgIpc) is 2.56. The molecule has 0 aromatic carbocycles. The van der Waals surface area contributed by atoms with E-state index in [2.05, 4.69) is 13.8 Å². The summed E-state index contributed by atoms with van der Waals surface area (Å²) in [5.41, 5.74) is 0.306. The molecule has 2 aliphatic rings. The Balaban J connectivity index is 2.23. The molecule has 0 aromatic rings. The predicted molar refractivity (Wildman–Crippen MR) is 101 cm³/mol. The van der Waals surface area contributed by atoms with E-state index in [0.29, 0.717) is 31.8 Å². The minimum absolute atomic E-state index is 0.0315. The summed E-state index contributed by atoms with van der Waals surface area (Å²) in [5.74, 6) is -0.912. The van der Waals surface area contributed by atoms with Crippen molar-refractivity contribution in [1.82, 2.24) is 0 Å². The zero-order valence-corrected chi connectivity index (χ0v) is 17.9. The number of Topliss-reactive ketones (excluding diaryl/α,β-unsaturated/α-hetero) is 1. The van der Waals surface area contributed by atoms with Gasteiger partial charge in [0, 0.05) is 35.9 Å². The van der Waals surface area contributed by atoms with Crippen LogP contribution >= 0.6 is 34.8 Å². The van der Waals surface area contributed by atoms with E-state index in [1.807, 2.05) is 13.8 Å². The third kappa shape index (κ3) is 5.49. The van der Waals surface area contributed by atoms with Crippen LogP contribution in [0.2, 0.25) is 0 Å². The number of rotatable bonds is 6. The van der Waals surface area contributed by atoms with E-state index >= 15 is 0 Å². The number of halogens is 3. The van der Waals surface area contributed by atoms with Crippen molar-refractivity contribution in [2.75, 3.05) is 19.8 Å². The van der Waals surface area contributed by atoms with Crippen LogP contribution < -0.4 is 0 Å². The number of carbonyl (C=O) groups is 1. The molecule has 26 heavy (non-hydrogen) atoms. The van der Waals surface area contributed by atoms with E-state index in [1.165, 1.54) is 6.26 Å². The average molecular weight is 430 g/mol. The Labute approximate surface area is 170 Å². The SMILES string of the molecule is CCO[C@@H]1OC=C(C(=O)C(Cl)(Cl)Cl)[C@@H](CC2OCC(C)(C)CO2)[C@H]1CC. The number of hydrogen-bond donors (Lipinski definition) is 0. The molecule has 0 amide bonds. The lowest BCUT2D eigenvalue weighted by Crippen LogP contribution is -2.44. The zero-order chi connectivity index (χ0) is 19.5. The molecule has 0 unspecified atom stereocenters. The molecular weight excluding hydrogens is 403 g/mol. The second-order valence-electron chi connectivity index (χ2n) is 7.49. The number of alkyl halides is 3. The number of allylic oxidation sites excluding steroid dienone is 1. The van der Waals surface area contributed by atoms with E-state index in [0.717, 1.165) is 6.42 Å². The first-order valence-corrected chi connectivity index (χ1v) is 10.0. The lowest BCUT2D eigenvalue weighted by Gasteiger charge is -2.41. The Morgan fingerprint density at radius 1 is 1.27 bits per heavy atom. The van der Waals surface area contributed by atoms with E-state index in [9.17, 15) is 4.79 Å². The maximum absolute atomic E-state index is 12.6.